The Balaban J connectivity index is 1.52. The van der Waals surface area contributed by atoms with E-state index < -0.39 is 0 Å². The largest absolute Gasteiger partial charge is 0.496 e. The maximum atomic E-state index is 13.6. The van der Waals surface area contributed by atoms with Gasteiger partial charge in [-0.2, -0.15) is 0 Å². The lowest BCUT2D eigenvalue weighted by atomic mass is 10.0. The predicted molar refractivity (Wildman–Crippen MR) is 151 cm³/mol. The van der Waals surface area contributed by atoms with Crippen molar-refractivity contribution in [3.05, 3.63) is 106 Å². The number of amides is 1. The van der Waals surface area contributed by atoms with Crippen molar-refractivity contribution in [3.8, 4) is 17.1 Å². The molecule has 1 unspecified atom stereocenters. The van der Waals surface area contributed by atoms with Crippen LogP contribution in [0.4, 0.5) is 0 Å². The van der Waals surface area contributed by atoms with E-state index >= 15 is 0 Å². The molecule has 4 aromatic rings. The van der Waals surface area contributed by atoms with Crippen molar-refractivity contribution in [3.63, 3.8) is 0 Å². The highest BCUT2D eigenvalue weighted by atomic mass is 16.5. The quantitative estimate of drug-likeness (QED) is 0.386. The number of carbonyl (C=O) groups excluding carboxylic acids is 1. The fourth-order valence-corrected chi connectivity index (χ4v) is 4.75. The second-order valence-corrected chi connectivity index (χ2v) is 9.37. The summed E-state index contributed by atoms with van der Waals surface area (Å²) in [7, 11) is 1.64. The van der Waals surface area contributed by atoms with Gasteiger partial charge < -0.3 is 10.1 Å². The van der Waals surface area contributed by atoms with Gasteiger partial charge in [-0.1, -0.05) is 48.5 Å². The summed E-state index contributed by atoms with van der Waals surface area (Å²) in [6.45, 7) is 2.37. The summed E-state index contributed by atoms with van der Waals surface area (Å²) in [6.07, 6.45) is 5.56. The van der Waals surface area contributed by atoms with Crippen molar-refractivity contribution in [2.45, 2.75) is 38.9 Å². The van der Waals surface area contributed by atoms with Crippen LogP contribution in [0, 0.1) is 0 Å². The number of fused-ring (bicyclic) bond motifs is 1. The SMILES string of the molecule is COc1ccc(-c2nc3ccccc3c(=O)n2Cc2ccccc2)cc1CN=C1C=CC(NC(C)=O)CC1. The van der Waals surface area contributed by atoms with Gasteiger partial charge in [0.2, 0.25) is 5.91 Å². The van der Waals surface area contributed by atoms with Crippen LogP contribution < -0.4 is 15.6 Å². The third kappa shape index (κ3) is 5.57. The van der Waals surface area contributed by atoms with Crippen molar-refractivity contribution in [1.29, 1.82) is 0 Å². The van der Waals surface area contributed by atoms with Gasteiger partial charge in [-0.05, 0) is 54.8 Å². The van der Waals surface area contributed by atoms with Crippen LogP contribution in [0.1, 0.15) is 30.9 Å². The molecule has 1 amide bonds. The molecule has 0 aliphatic heterocycles. The minimum Gasteiger partial charge on any atom is -0.496 e. The first-order valence-electron chi connectivity index (χ1n) is 12.7. The van der Waals surface area contributed by atoms with Gasteiger partial charge in [0.15, 0.2) is 0 Å². The van der Waals surface area contributed by atoms with Crippen LogP contribution in [0.2, 0.25) is 0 Å². The Labute approximate surface area is 221 Å². The molecule has 0 radical (unpaired) electrons. The van der Waals surface area contributed by atoms with Gasteiger partial charge in [0, 0.05) is 29.8 Å². The Bertz CT molecular complexity index is 1590. The molecular weight excluding hydrogens is 476 g/mol. The lowest BCUT2D eigenvalue weighted by Crippen LogP contribution is -2.33. The van der Waals surface area contributed by atoms with E-state index in [2.05, 4.69) is 5.32 Å². The number of benzene rings is 3. The Kier molecular flexibility index (Phi) is 7.45. The fraction of sp³-hybridized carbons (Fsp3) is 0.226. The highest BCUT2D eigenvalue weighted by Crippen LogP contribution is 2.28. The maximum absolute atomic E-state index is 13.6. The lowest BCUT2D eigenvalue weighted by Gasteiger charge is -2.18. The zero-order valence-electron chi connectivity index (χ0n) is 21.6. The second-order valence-electron chi connectivity index (χ2n) is 9.37. The second kappa shape index (κ2) is 11.3. The summed E-state index contributed by atoms with van der Waals surface area (Å²) in [6, 6.07) is 23.3. The molecule has 0 spiro atoms. The summed E-state index contributed by atoms with van der Waals surface area (Å²) in [5, 5.41) is 3.52. The highest BCUT2D eigenvalue weighted by molar-refractivity contribution is 5.96. The first-order valence-corrected chi connectivity index (χ1v) is 12.7. The zero-order valence-corrected chi connectivity index (χ0v) is 21.6. The molecule has 192 valence electrons. The molecule has 38 heavy (non-hydrogen) atoms. The normalized spacial score (nSPS) is 16.1. The number of allylic oxidation sites excluding steroid dienone is 1. The van der Waals surface area contributed by atoms with E-state index in [9.17, 15) is 9.59 Å². The number of nitrogens with one attached hydrogen (secondary N) is 1. The average Bonchev–Trinajstić information content (AvgIpc) is 2.94. The van der Waals surface area contributed by atoms with Gasteiger partial charge in [-0.25, -0.2) is 4.98 Å². The Hall–Kier alpha value is -4.52. The van der Waals surface area contributed by atoms with Crippen molar-refractivity contribution >= 4 is 22.5 Å². The van der Waals surface area contributed by atoms with E-state index in [4.69, 9.17) is 14.7 Å². The van der Waals surface area contributed by atoms with Crippen molar-refractivity contribution in [1.82, 2.24) is 14.9 Å². The van der Waals surface area contributed by atoms with E-state index in [-0.39, 0.29) is 17.5 Å². The monoisotopic (exact) mass is 506 g/mol. The van der Waals surface area contributed by atoms with Gasteiger partial charge in [0.1, 0.15) is 11.6 Å². The smallest absolute Gasteiger partial charge is 0.261 e. The molecule has 1 heterocycles. The summed E-state index contributed by atoms with van der Waals surface area (Å²) < 4.78 is 7.37. The van der Waals surface area contributed by atoms with Crippen LogP contribution in [0.5, 0.6) is 5.75 Å². The van der Waals surface area contributed by atoms with E-state index in [1.54, 1.807) is 11.7 Å². The standard InChI is InChI=1S/C31H30N4O3/c1-21(36)33-26-15-13-25(14-16-26)32-19-24-18-23(12-17-29(24)38-2)30-34-28-11-7-6-10-27(28)31(37)35(30)20-22-8-4-3-5-9-22/h3-13,15,17-18,26H,14,16,19-20H2,1-2H3,(H,33,36). The maximum Gasteiger partial charge on any atom is 0.261 e. The topological polar surface area (TPSA) is 85.6 Å². The number of ether oxygens (including phenoxy) is 1. The molecule has 7 heteroatoms. The Morgan fingerprint density at radius 2 is 1.89 bits per heavy atom. The molecule has 0 fully saturated rings. The minimum atomic E-state index is -0.0758. The molecule has 1 aliphatic carbocycles. The Morgan fingerprint density at radius 3 is 2.63 bits per heavy atom. The molecule has 5 rings (SSSR count). The molecule has 1 N–H and O–H groups in total. The first kappa shape index (κ1) is 25.1. The molecule has 7 nitrogen and oxygen atoms in total. The van der Waals surface area contributed by atoms with Gasteiger partial charge >= 0.3 is 0 Å². The van der Waals surface area contributed by atoms with Crippen LogP contribution >= 0.6 is 0 Å². The van der Waals surface area contributed by atoms with Crippen LogP contribution in [0.25, 0.3) is 22.3 Å². The van der Waals surface area contributed by atoms with E-state index in [1.165, 1.54) is 6.92 Å². The number of carbonyl (C=O) groups is 1. The number of aromatic nitrogens is 2. The van der Waals surface area contributed by atoms with Crippen molar-refractivity contribution in [2.24, 2.45) is 4.99 Å². The van der Waals surface area contributed by atoms with Crippen molar-refractivity contribution in [2.75, 3.05) is 7.11 Å². The van der Waals surface area contributed by atoms with E-state index in [0.29, 0.717) is 29.8 Å². The van der Waals surface area contributed by atoms with Crippen LogP contribution in [0.3, 0.4) is 0 Å². The molecule has 1 aromatic heterocycles. The number of aliphatic imine (C=N–C) groups is 1. The molecule has 0 saturated heterocycles. The van der Waals surface area contributed by atoms with Crippen LogP contribution in [0.15, 0.2) is 94.7 Å². The van der Waals surface area contributed by atoms with Gasteiger partial charge in [0.25, 0.3) is 5.56 Å². The van der Waals surface area contributed by atoms with Gasteiger partial charge in [-0.3, -0.25) is 19.1 Å². The molecule has 0 bridgehead atoms. The Morgan fingerprint density at radius 1 is 1.11 bits per heavy atom. The average molecular weight is 507 g/mol. The summed E-state index contributed by atoms with van der Waals surface area (Å²) in [5.74, 6) is 1.30. The van der Waals surface area contributed by atoms with Crippen LogP contribution in [-0.4, -0.2) is 34.3 Å². The number of para-hydroxylation sites is 1. The lowest BCUT2D eigenvalue weighted by molar-refractivity contribution is -0.119. The molecule has 1 aliphatic rings. The van der Waals surface area contributed by atoms with Gasteiger partial charge in [-0.15, -0.1) is 0 Å². The fourth-order valence-electron chi connectivity index (χ4n) is 4.75. The van der Waals surface area contributed by atoms with E-state index in [1.807, 2.05) is 84.9 Å². The summed E-state index contributed by atoms with van der Waals surface area (Å²) in [4.78, 5) is 34.7. The number of rotatable bonds is 7. The molecule has 0 saturated carbocycles. The molecular formula is C31H30N4O3. The minimum absolute atomic E-state index is 0.0327. The predicted octanol–water partition coefficient (Wildman–Crippen LogP) is 4.92. The van der Waals surface area contributed by atoms with E-state index in [0.717, 1.165) is 41.0 Å². The van der Waals surface area contributed by atoms with Gasteiger partial charge in [0.05, 0.1) is 31.1 Å². The number of hydrogen-bond acceptors (Lipinski definition) is 5. The number of methoxy groups -OCH3 is 1. The molecule has 3 aromatic carbocycles. The number of hydrogen-bond donors (Lipinski definition) is 1. The molecule has 1 atom stereocenters. The third-order valence-corrected chi connectivity index (χ3v) is 6.66. The first-order chi connectivity index (χ1) is 18.5. The number of nitrogens with zero attached hydrogens (tertiary/aromatic N) is 3. The van der Waals surface area contributed by atoms with Crippen LogP contribution in [-0.2, 0) is 17.9 Å². The summed E-state index contributed by atoms with van der Waals surface area (Å²) >= 11 is 0. The highest BCUT2D eigenvalue weighted by Gasteiger charge is 2.16. The zero-order chi connectivity index (χ0) is 26.5. The summed E-state index contributed by atoms with van der Waals surface area (Å²) in [5.41, 5.74) is 4.32. The third-order valence-electron chi connectivity index (χ3n) is 6.66. The van der Waals surface area contributed by atoms with Crippen molar-refractivity contribution < 1.29 is 9.53 Å².